The first-order valence-electron chi connectivity index (χ1n) is 5.65. The molecule has 1 aromatic rings. The number of piperazine rings is 1. The minimum atomic E-state index is 0.622. The molecule has 1 saturated heterocycles. The molecule has 84 valence electrons. The number of rotatable bonds is 3. The fourth-order valence-electron chi connectivity index (χ4n) is 1.99. The van der Waals surface area contributed by atoms with Gasteiger partial charge >= 0.3 is 0 Å². The van der Waals surface area contributed by atoms with Crippen molar-refractivity contribution in [1.82, 2.24) is 15.2 Å². The average molecular weight is 225 g/mol. The Balaban J connectivity index is 1.94. The number of thiazole rings is 1. The normalized spacial score (nSPS) is 28.1. The third kappa shape index (κ3) is 2.77. The van der Waals surface area contributed by atoms with Crippen LogP contribution in [0.1, 0.15) is 25.3 Å². The molecule has 2 rings (SSSR count). The van der Waals surface area contributed by atoms with Gasteiger partial charge in [-0.1, -0.05) is 6.92 Å². The van der Waals surface area contributed by atoms with Crippen LogP contribution in [0.15, 0.2) is 11.6 Å². The molecule has 2 unspecified atom stereocenters. The number of nitrogens with one attached hydrogen (secondary N) is 1. The molecular weight excluding hydrogens is 206 g/mol. The highest BCUT2D eigenvalue weighted by Crippen LogP contribution is 2.14. The van der Waals surface area contributed by atoms with E-state index < -0.39 is 0 Å². The average Bonchev–Trinajstić information content (AvgIpc) is 2.74. The van der Waals surface area contributed by atoms with Crippen LogP contribution in [0.2, 0.25) is 0 Å². The summed E-state index contributed by atoms with van der Waals surface area (Å²) >= 11 is 1.75. The lowest BCUT2D eigenvalue weighted by Crippen LogP contribution is -2.54. The number of nitrogens with zero attached hydrogens (tertiary/aromatic N) is 2. The van der Waals surface area contributed by atoms with Crippen LogP contribution in [0.25, 0.3) is 0 Å². The van der Waals surface area contributed by atoms with Crippen molar-refractivity contribution in [3.8, 4) is 0 Å². The number of hydrogen-bond acceptors (Lipinski definition) is 4. The van der Waals surface area contributed by atoms with Crippen molar-refractivity contribution in [3.05, 3.63) is 16.6 Å². The first-order valence-corrected chi connectivity index (χ1v) is 6.53. The molecule has 0 spiro atoms. The Bertz CT molecular complexity index is 286. The van der Waals surface area contributed by atoms with Gasteiger partial charge in [0.1, 0.15) is 5.01 Å². The maximum atomic E-state index is 4.35. The van der Waals surface area contributed by atoms with E-state index in [1.54, 1.807) is 11.3 Å². The van der Waals surface area contributed by atoms with Crippen LogP contribution in [0.3, 0.4) is 0 Å². The zero-order valence-electron chi connectivity index (χ0n) is 9.44. The van der Waals surface area contributed by atoms with Gasteiger partial charge in [-0.25, -0.2) is 4.98 Å². The van der Waals surface area contributed by atoms with Crippen LogP contribution in [0.4, 0.5) is 0 Å². The molecule has 0 radical (unpaired) electrons. The molecule has 1 aliphatic heterocycles. The van der Waals surface area contributed by atoms with Crippen LogP contribution < -0.4 is 5.32 Å². The first-order chi connectivity index (χ1) is 7.29. The van der Waals surface area contributed by atoms with Crippen LogP contribution in [0.5, 0.6) is 0 Å². The summed E-state index contributed by atoms with van der Waals surface area (Å²) in [5.74, 6) is 0. The summed E-state index contributed by atoms with van der Waals surface area (Å²) in [6.07, 6.45) is 3.10. The monoisotopic (exact) mass is 225 g/mol. The Hall–Kier alpha value is -0.450. The maximum absolute atomic E-state index is 4.35. The van der Waals surface area contributed by atoms with Gasteiger partial charge in [-0.2, -0.15) is 0 Å². The highest BCUT2D eigenvalue weighted by molar-refractivity contribution is 7.09. The van der Waals surface area contributed by atoms with Gasteiger partial charge in [0.15, 0.2) is 0 Å². The highest BCUT2D eigenvalue weighted by Gasteiger charge is 2.24. The van der Waals surface area contributed by atoms with Crippen LogP contribution in [-0.2, 0) is 6.54 Å². The molecule has 2 atom stereocenters. The lowest BCUT2D eigenvalue weighted by Gasteiger charge is -2.38. The zero-order valence-corrected chi connectivity index (χ0v) is 10.3. The van der Waals surface area contributed by atoms with E-state index in [4.69, 9.17) is 0 Å². The molecule has 15 heavy (non-hydrogen) atoms. The summed E-state index contributed by atoms with van der Waals surface area (Å²) in [4.78, 5) is 6.88. The van der Waals surface area contributed by atoms with E-state index in [0.717, 1.165) is 19.6 Å². The quantitative estimate of drug-likeness (QED) is 0.849. The van der Waals surface area contributed by atoms with Crippen molar-refractivity contribution in [3.63, 3.8) is 0 Å². The highest BCUT2D eigenvalue weighted by atomic mass is 32.1. The van der Waals surface area contributed by atoms with Crippen LogP contribution in [-0.4, -0.2) is 35.1 Å². The Morgan fingerprint density at radius 3 is 3.20 bits per heavy atom. The predicted octanol–water partition coefficient (Wildman–Crippen LogP) is 1.72. The standard InChI is InChI=1S/C11H19N3S/c1-3-10-7-14(9(2)6-13-10)8-11-12-4-5-15-11/h4-5,9-10,13H,3,6-8H2,1-2H3. The van der Waals surface area contributed by atoms with E-state index in [0.29, 0.717) is 12.1 Å². The molecule has 0 aliphatic carbocycles. The molecule has 1 N–H and O–H groups in total. The molecule has 0 aromatic carbocycles. The minimum Gasteiger partial charge on any atom is -0.311 e. The lowest BCUT2D eigenvalue weighted by molar-refractivity contribution is 0.131. The van der Waals surface area contributed by atoms with Gasteiger partial charge in [0.25, 0.3) is 0 Å². The van der Waals surface area contributed by atoms with Crippen molar-refractivity contribution in [1.29, 1.82) is 0 Å². The third-order valence-corrected chi connectivity index (χ3v) is 3.86. The topological polar surface area (TPSA) is 28.2 Å². The van der Waals surface area contributed by atoms with Gasteiger partial charge in [-0.3, -0.25) is 4.90 Å². The van der Waals surface area contributed by atoms with Crippen LogP contribution in [0, 0.1) is 0 Å². The Labute approximate surface area is 95.5 Å². The second-order valence-electron chi connectivity index (χ2n) is 4.22. The van der Waals surface area contributed by atoms with E-state index in [1.807, 2.05) is 6.20 Å². The molecule has 0 bridgehead atoms. The van der Waals surface area contributed by atoms with Gasteiger partial charge in [-0.15, -0.1) is 11.3 Å². The van der Waals surface area contributed by atoms with E-state index in [-0.39, 0.29) is 0 Å². The largest absolute Gasteiger partial charge is 0.311 e. The first kappa shape index (κ1) is 11.0. The van der Waals surface area contributed by atoms with Crippen molar-refractivity contribution < 1.29 is 0 Å². The van der Waals surface area contributed by atoms with Crippen molar-refractivity contribution in [2.45, 2.75) is 38.9 Å². The fourth-order valence-corrected chi connectivity index (χ4v) is 2.63. The molecule has 0 amide bonds. The third-order valence-electron chi connectivity index (χ3n) is 3.09. The van der Waals surface area contributed by atoms with E-state index in [2.05, 4.69) is 34.4 Å². The summed E-state index contributed by atoms with van der Waals surface area (Å²) in [6.45, 7) is 7.79. The summed E-state index contributed by atoms with van der Waals surface area (Å²) < 4.78 is 0. The SMILES string of the molecule is CCC1CN(Cc2nccs2)C(C)CN1. The van der Waals surface area contributed by atoms with Gasteiger partial charge in [-0.05, 0) is 13.3 Å². The van der Waals surface area contributed by atoms with Crippen molar-refractivity contribution in [2.24, 2.45) is 0 Å². The lowest BCUT2D eigenvalue weighted by atomic mass is 10.1. The minimum absolute atomic E-state index is 0.622. The summed E-state index contributed by atoms with van der Waals surface area (Å²) in [5, 5.41) is 6.86. The smallest absolute Gasteiger partial charge is 0.107 e. The summed E-state index contributed by atoms with van der Waals surface area (Å²) in [5.41, 5.74) is 0. The summed E-state index contributed by atoms with van der Waals surface area (Å²) in [6, 6.07) is 1.28. The molecule has 1 aliphatic rings. The molecule has 2 heterocycles. The predicted molar refractivity (Wildman–Crippen MR) is 64.1 cm³/mol. The second kappa shape index (κ2) is 5.05. The molecule has 0 saturated carbocycles. The molecule has 1 fully saturated rings. The summed E-state index contributed by atoms with van der Waals surface area (Å²) in [7, 11) is 0. The molecule has 4 heteroatoms. The van der Waals surface area contributed by atoms with Gasteiger partial charge in [0.2, 0.25) is 0 Å². The Morgan fingerprint density at radius 1 is 1.67 bits per heavy atom. The van der Waals surface area contributed by atoms with Gasteiger partial charge < -0.3 is 5.32 Å². The fraction of sp³-hybridized carbons (Fsp3) is 0.727. The number of hydrogen-bond donors (Lipinski definition) is 1. The number of aromatic nitrogens is 1. The van der Waals surface area contributed by atoms with Crippen LogP contribution >= 0.6 is 11.3 Å². The maximum Gasteiger partial charge on any atom is 0.107 e. The van der Waals surface area contributed by atoms with E-state index in [9.17, 15) is 0 Å². The van der Waals surface area contributed by atoms with Gasteiger partial charge in [0.05, 0.1) is 6.54 Å². The van der Waals surface area contributed by atoms with E-state index in [1.165, 1.54) is 11.4 Å². The molecule has 1 aromatic heterocycles. The Kier molecular flexibility index (Phi) is 3.72. The van der Waals surface area contributed by atoms with Gasteiger partial charge in [0, 0.05) is 36.8 Å². The van der Waals surface area contributed by atoms with E-state index >= 15 is 0 Å². The molecule has 3 nitrogen and oxygen atoms in total. The van der Waals surface area contributed by atoms with Crippen molar-refractivity contribution >= 4 is 11.3 Å². The zero-order chi connectivity index (χ0) is 10.7. The molecular formula is C11H19N3S. The van der Waals surface area contributed by atoms with Crippen molar-refractivity contribution in [2.75, 3.05) is 13.1 Å². The Morgan fingerprint density at radius 2 is 2.53 bits per heavy atom. The second-order valence-corrected chi connectivity index (χ2v) is 5.20.